The number of rotatable bonds is 7. The summed E-state index contributed by atoms with van der Waals surface area (Å²) in [6.45, 7) is 8.18. The fourth-order valence-electron chi connectivity index (χ4n) is 1.77. The molecule has 0 amide bonds. The van der Waals surface area contributed by atoms with Crippen LogP contribution in [0, 0.1) is 0 Å². The van der Waals surface area contributed by atoms with Gasteiger partial charge in [0.1, 0.15) is 0 Å². The highest BCUT2D eigenvalue weighted by Gasteiger charge is 2.14. The summed E-state index contributed by atoms with van der Waals surface area (Å²) in [5, 5.41) is 9.88. The topological polar surface area (TPSA) is 32.7 Å². The van der Waals surface area contributed by atoms with Gasteiger partial charge in [0.05, 0.1) is 18.3 Å². The average molecular weight is 265 g/mol. The highest BCUT2D eigenvalue weighted by molar-refractivity contribution is 5.14. The maximum atomic E-state index is 9.88. The van der Waals surface area contributed by atoms with Gasteiger partial charge in [0, 0.05) is 13.1 Å². The Balaban J connectivity index is 2.21. The molecule has 0 saturated heterocycles. The molecule has 0 radical (unpaired) electrons. The summed E-state index contributed by atoms with van der Waals surface area (Å²) in [6.07, 6.45) is 0.344. The molecular weight excluding hydrogens is 238 g/mol. The first-order valence-electron chi connectivity index (χ1n) is 6.91. The van der Waals surface area contributed by atoms with Crippen molar-refractivity contribution < 1.29 is 9.84 Å². The fourth-order valence-corrected chi connectivity index (χ4v) is 1.77. The molecule has 0 bridgehead atoms. The van der Waals surface area contributed by atoms with Crippen LogP contribution in [0.4, 0.5) is 0 Å². The summed E-state index contributed by atoms with van der Waals surface area (Å²) in [6, 6.07) is 10.4. The Morgan fingerprint density at radius 2 is 1.84 bits per heavy atom. The molecule has 0 aliphatic carbocycles. The van der Waals surface area contributed by atoms with E-state index < -0.39 is 6.10 Å². The molecule has 1 N–H and O–H groups in total. The maximum absolute atomic E-state index is 9.88. The summed E-state index contributed by atoms with van der Waals surface area (Å²) in [5.74, 6) is 0. The van der Waals surface area contributed by atoms with Crippen molar-refractivity contribution in [3.63, 3.8) is 0 Å². The van der Waals surface area contributed by atoms with E-state index in [9.17, 15) is 5.11 Å². The molecule has 3 nitrogen and oxygen atoms in total. The Morgan fingerprint density at radius 3 is 2.42 bits per heavy atom. The molecule has 0 aliphatic heterocycles. The van der Waals surface area contributed by atoms with Crippen molar-refractivity contribution in [3.8, 4) is 0 Å². The normalized spacial score (nSPS) is 13.8. The third kappa shape index (κ3) is 7.98. The lowest BCUT2D eigenvalue weighted by atomic mass is 10.2. The van der Waals surface area contributed by atoms with E-state index >= 15 is 0 Å². The first kappa shape index (κ1) is 16.2. The Labute approximate surface area is 117 Å². The molecule has 0 aromatic heterocycles. The second-order valence-corrected chi connectivity index (χ2v) is 6.09. The third-order valence-corrected chi connectivity index (χ3v) is 2.85. The molecule has 1 rings (SSSR count). The minimum Gasteiger partial charge on any atom is -0.391 e. The zero-order valence-electron chi connectivity index (χ0n) is 12.6. The van der Waals surface area contributed by atoms with Gasteiger partial charge in [0.15, 0.2) is 0 Å². The number of hydrogen-bond donors (Lipinski definition) is 1. The molecule has 3 heteroatoms. The molecule has 1 unspecified atom stereocenters. The van der Waals surface area contributed by atoms with E-state index in [-0.39, 0.29) is 5.60 Å². The van der Waals surface area contributed by atoms with Crippen molar-refractivity contribution in [1.82, 2.24) is 4.90 Å². The largest absolute Gasteiger partial charge is 0.391 e. The molecule has 1 aromatic rings. The summed E-state index contributed by atoms with van der Waals surface area (Å²) in [7, 11) is 2.07. The third-order valence-electron chi connectivity index (χ3n) is 2.85. The molecule has 0 fully saturated rings. The molecule has 1 aromatic carbocycles. The first-order chi connectivity index (χ1) is 8.87. The van der Waals surface area contributed by atoms with Gasteiger partial charge < -0.3 is 14.7 Å². The lowest BCUT2D eigenvalue weighted by Gasteiger charge is -2.23. The Morgan fingerprint density at radius 1 is 1.21 bits per heavy atom. The van der Waals surface area contributed by atoms with Gasteiger partial charge >= 0.3 is 0 Å². The van der Waals surface area contributed by atoms with Gasteiger partial charge in [0.2, 0.25) is 0 Å². The van der Waals surface area contributed by atoms with Gasteiger partial charge in [-0.05, 0) is 39.8 Å². The molecule has 0 aliphatic rings. The van der Waals surface area contributed by atoms with Gasteiger partial charge in [-0.1, -0.05) is 30.3 Å². The van der Waals surface area contributed by atoms with Crippen molar-refractivity contribution in [2.24, 2.45) is 0 Å². The van der Waals surface area contributed by atoms with Crippen LogP contribution in [0.25, 0.3) is 0 Å². The lowest BCUT2D eigenvalue weighted by molar-refractivity contribution is -0.0519. The quantitative estimate of drug-likeness (QED) is 0.823. The fraction of sp³-hybridized carbons (Fsp3) is 0.625. The molecule has 0 spiro atoms. The van der Waals surface area contributed by atoms with E-state index in [1.54, 1.807) is 0 Å². The molecular formula is C16H27NO2. The van der Waals surface area contributed by atoms with Crippen molar-refractivity contribution in [3.05, 3.63) is 35.9 Å². The van der Waals surface area contributed by atoms with Crippen molar-refractivity contribution in [1.29, 1.82) is 0 Å². The van der Waals surface area contributed by atoms with Crippen molar-refractivity contribution >= 4 is 0 Å². The van der Waals surface area contributed by atoms with Gasteiger partial charge in [-0.3, -0.25) is 0 Å². The van der Waals surface area contributed by atoms with E-state index in [0.29, 0.717) is 6.61 Å². The zero-order valence-corrected chi connectivity index (χ0v) is 12.6. The van der Waals surface area contributed by atoms with E-state index in [1.165, 1.54) is 5.56 Å². The van der Waals surface area contributed by atoms with E-state index in [1.807, 2.05) is 26.8 Å². The van der Waals surface area contributed by atoms with Crippen LogP contribution in [0.5, 0.6) is 0 Å². The van der Waals surface area contributed by atoms with E-state index in [4.69, 9.17) is 4.74 Å². The molecule has 0 saturated carbocycles. The van der Waals surface area contributed by atoms with Crippen LogP contribution in [-0.2, 0) is 11.3 Å². The number of aliphatic hydroxyl groups is 1. The van der Waals surface area contributed by atoms with E-state index in [2.05, 4.69) is 36.2 Å². The lowest BCUT2D eigenvalue weighted by Crippen LogP contribution is -2.29. The highest BCUT2D eigenvalue weighted by atomic mass is 16.5. The number of benzene rings is 1. The predicted molar refractivity (Wildman–Crippen MR) is 79.1 cm³/mol. The minimum atomic E-state index is -0.391. The van der Waals surface area contributed by atoms with Crippen molar-refractivity contribution in [2.45, 2.75) is 45.4 Å². The Hall–Kier alpha value is -0.900. The van der Waals surface area contributed by atoms with Crippen LogP contribution >= 0.6 is 0 Å². The summed E-state index contributed by atoms with van der Waals surface area (Å²) >= 11 is 0. The average Bonchev–Trinajstić information content (AvgIpc) is 2.34. The zero-order chi connectivity index (χ0) is 14.3. The predicted octanol–water partition coefficient (Wildman–Crippen LogP) is 2.68. The standard InChI is InChI=1S/C16H27NO2/c1-16(2,3)19-13-15(18)10-11-17(4)12-14-8-6-5-7-9-14/h5-9,15,18H,10-13H2,1-4H3. The molecule has 108 valence electrons. The summed E-state index contributed by atoms with van der Waals surface area (Å²) in [5.41, 5.74) is 1.11. The van der Waals surface area contributed by atoms with Crippen molar-refractivity contribution in [2.75, 3.05) is 20.2 Å². The number of aliphatic hydroxyl groups excluding tert-OH is 1. The molecule has 0 heterocycles. The SMILES string of the molecule is CN(CCC(O)COC(C)(C)C)Cc1ccccc1. The molecule has 1 atom stereocenters. The Bertz CT molecular complexity index is 346. The number of hydrogen-bond acceptors (Lipinski definition) is 3. The van der Waals surface area contributed by atoms with Gasteiger partial charge in [-0.25, -0.2) is 0 Å². The molecule has 19 heavy (non-hydrogen) atoms. The maximum Gasteiger partial charge on any atom is 0.0786 e. The summed E-state index contributed by atoms with van der Waals surface area (Å²) < 4.78 is 5.57. The second-order valence-electron chi connectivity index (χ2n) is 6.09. The van der Waals surface area contributed by atoms with Gasteiger partial charge in [-0.2, -0.15) is 0 Å². The van der Waals surface area contributed by atoms with Gasteiger partial charge in [0.25, 0.3) is 0 Å². The van der Waals surface area contributed by atoms with Crippen LogP contribution < -0.4 is 0 Å². The number of ether oxygens (including phenoxy) is 1. The van der Waals surface area contributed by atoms with Crippen LogP contribution in [0.1, 0.15) is 32.8 Å². The van der Waals surface area contributed by atoms with Crippen LogP contribution in [-0.4, -0.2) is 41.9 Å². The highest BCUT2D eigenvalue weighted by Crippen LogP contribution is 2.09. The van der Waals surface area contributed by atoms with Crippen LogP contribution in [0.2, 0.25) is 0 Å². The smallest absolute Gasteiger partial charge is 0.0786 e. The van der Waals surface area contributed by atoms with E-state index in [0.717, 1.165) is 19.5 Å². The first-order valence-corrected chi connectivity index (χ1v) is 6.91. The number of nitrogens with zero attached hydrogens (tertiary/aromatic N) is 1. The van der Waals surface area contributed by atoms with Crippen LogP contribution in [0.3, 0.4) is 0 Å². The van der Waals surface area contributed by atoms with Crippen LogP contribution in [0.15, 0.2) is 30.3 Å². The second kappa shape index (κ2) is 7.63. The van der Waals surface area contributed by atoms with Gasteiger partial charge in [-0.15, -0.1) is 0 Å². The minimum absolute atomic E-state index is 0.184. The Kier molecular flexibility index (Phi) is 6.49. The summed E-state index contributed by atoms with van der Waals surface area (Å²) in [4.78, 5) is 2.22. The monoisotopic (exact) mass is 265 g/mol.